The van der Waals surface area contributed by atoms with E-state index in [0.29, 0.717) is 17.0 Å². The Morgan fingerprint density at radius 2 is 2.10 bits per heavy atom. The molecule has 1 N–H and O–H groups in total. The number of hydrogen-bond donors (Lipinski definition) is 1. The summed E-state index contributed by atoms with van der Waals surface area (Å²) in [5, 5.41) is 13.9. The Bertz CT molecular complexity index is 817. The maximum atomic E-state index is 13.5. The Kier molecular flexibility index (Phi) is 3.17. The number of nitrogens with zero attached hydrogens (tertiary/aromatic N) is 3. The normalized spacial score (nSPS) is 11.0. The average molecular weight is 291 g/mol. The van der Waals surface area contributed by atoms with Crippen molar-refractivity contribution in [2.24, 2.45) is 0 Å². The second-order valence-corrected chi connectivity index (χ2v) is 4.50. The highest BCUT2D eigenvalue weighted by atomic mass is 19.2. The van der Waals surface area contributed by atoms with Gasteiger partial charge in [0.25, 0.3) is 0 Å². The van der Waals surface area contributed by atoms with Gasteiger partial charge in [0.2, 0.25) is 11.7 Å². The summed E-state index contributed by atoms with van der Waals surface area (Å²) in [5.74, 6) is -2.35. The van der Waals surface area contributed by atoms with Crippen LogP contribution in [0.4, 0.5) is 8.78 Å². The summed E-state index contributed by atoms with van der Waals surface area (Å²) in [6.45, 7) is 1.67. The monoisotopic (exact) mass is 291 g/mol. The highest BCUT2D eigenvalue weighted by molar-refractivity contribution is 5.43. The van der Waals surface area contributed by atoms with Gasteiger partial charge in [0.05, 0.1) is 11.4 Å². The molecule has 0 aliphatic heterocycles. The quantitative estimate of drug-likeness (QED) is 0.806. The van der Waals surface area contributed by atoms with Crippen LogP contribution in [0, 0.1) is 18.6 Å². The van der Waals surface area contributed by atoms with Crippen LogP contribution >= 0.6 is 0 Å². The van der Waals surface area contributed by atoms with Crippen LogP contribution in [0.1, 0.15) is 11.4 Å². The number of fused-ring (bicyclic) bond motifs is 1. The van der Waals surface area contributed by atoms with Gasteiger partial charge in [-0.3, -0.25) is 0 Å². The van der Waals surface area contributed by atoms with Crippen LogP contribution in [0.15, 0.2) is 30.3 Å². The van der Waals surface area contributed by atoms with Crippen LogP contribution in [0.3, 0.4) is 0 Å². The predicted molar refractivity (Wildman–Crippen MR) is 70.1 cm³/mol. The fourth-order valence-electron chi connectivity index (χ4n) is 1.94. The molecule has 0 saturated carbocycles. The third-order valence-electron chi connectivity index (χ3n) is 2.88. The van der Waals surface area contributed by atoms with E-state index in [2.05, 4.69) is 10.1 Å². The van der Waals surface area contributed by atoms with Crippen molar-refractivity contribution in [2.75, 3.05) is 0 Å². The Labute approximate surface area is 118 Å². The fourth-order valence-corrected chi connectivity index (χ4v) is 1.94. The van der Waals surface area contributed by atoms with Crippen molar-refractivity contribution in [3.8, 4) is 11.6 Å². The molecule has 0 bridgehead atoms. The van der Waals surface area contributed by atoms with Crippen molar-refractivity contribution in [3.63, 3.8) is 0 Å². The Morgan fingerprint density at radius 3 is 2.90 bits per heavy atom. The maximum Gasteiger partial charge on any atom is 0.215 e. The zero-order valence-corrected chi connectivity index (χ0v) is 11.0. The molecule has 0 saturated heterocycles. The average Bonchev–Trinajstić information content (AvgIpc) is 2.81. The highest BCUT2D eigenvalue weighted by Gasteiger charge is 2.11. The van der Waals surface area contributed by atoms with Crippen LogP contribution in [-0.4, -0.2) is 19.7 Å². The van der Waals surface area contributed by atoms with Gasteiger partial charge in [-0.05, 0) is 19.1 Å². The number of ether oxygens (including phenoxy) is 1. The van der Waals surface area contributed by atoms with E-state index in [4.69, 9.17) is 4.74 Å². The maximum absolute atomic E-state index is 13.5. The molecule has 3 aromatic rings. The molecule has 108 valence electrons. The molecule has 0 fully saturated rings. The third-order valence-corrected chi connectivity index (χ3v) is 2.88. The van der Waals surface area contributed by atoms with Crippen molar-refractivity contribution in [1.29, 1.82) is 0 Å². The molecule has 3 rings (SSSR count). The summed E-state index contributed by atoms with van der Waals surface area (Å²) >= 11 is 0. The van der Waals surface area contributed by atoms with Crippen molar-refractivity contribution in [1.82, 2.24) is 14.6 Å². The smallest absolute Gasteiger partial charge is 0.215 e. The molecule has 0 aliphatic carbocycles. The van der Waals surface area contributed by atoms with E-state index in [1.165, 1.54) is 22.7 Å². The first-order valence-corrected chi connectivity index (χ1v) is 6.16. The summed E-state index contributed by atoms with van der Waals surface area (Å²) < 4.78 is 33.0. The number of halogens is 2. The van der Waals surface area contributed by atoms with Gasteiger partial charge >= 0.3 is 0 Å². The minimum Gasteiger partial charge on any atom is -0.493 e. The largest absolute Gasteiger partial charge is 0.493 e. The number of aromatic hydroxyl groups is 1. The van der Waals surface area contributed by atoms with E-state index < -0.39 is 11.6 Å². The summed E-state index contributed by atoms with van der Waals surface area (Å²) in [4.78, 5) is 4.22. The van der Waals surface area contributed by atoms with Gasteiger partial charge in [-0.2, -0.15) is 14.0 Å². The van der Waals surface area contributed by atoms with Gasteiger partial charge in [0.15, 0.2) is 17.2 Å². The zero-order valence-electron chi connectivity index (χ0n) is 11.0. The first kappa shape index (κ1) is 13.3. The number of aromatic nitrogens is 3. The van der Waals surface area contributed by atoms with Gasteiger partial charge in [0.1, 0.15) is 6.61 Å². The third kappa shape index (κ3) is 2.49. The summed E-state index contributed by atoms with van der Waals surface area (Å²) in [6.07, 6.45) is 0. The molecule has 21 heavy (non-hydrogen) atoms. The van der Waals surface area contributed by atoms with Crippen molar-refractivity contribution < 1.29 is 18.6 Å². The summed E-state index contributed by atoms with van der Waals surface area (Å²) in [7, 11) is 0. The fraction of sp³-hybridized carbons (Fsp3) is 0.143. The van der Waals surface area contributed by atoms with Crippen LogP contribution in [-0.2, 0) is 6.61 Å². The number of aryl methyl sites for hydroxylation is 1. The summed E-state index contributed by atoms with van der Waals surface area (Å²) in [5.41, 5.74) is 1.53. The van der Waals surface area contributed by atoms with Crippen LogP contribution in [0.25, 0.3) is 5.65 Å². The van der Waals surface area contributed by atoms with E-state index in [1.807, 2.05) is 0 Å². The first-order chi connectivity index (χ1) is 10.0. The van der Waals surface area contributed by atoms with Crippen molar-refractivity contribution >= 4 is 5.65 Å². The highest BCUT2D eigenvalue weighted by Crippen LogP contribution is 2.21. The predicted octanol–water partition coefficient (Wildman–Crippen LogP) is 2.60. The molecule has 0 unspecified atom stereocenters. The SMILES string of the molecule is Cc1cc2nc(COc3cccc(F)c3F)cc(O)n2n1. The molecule has 0 radical (unpaired) electrons. The summed E-state index contributed by atoms with van der Waals surface area (Å²) in [6, 6.07) is 6.72. The van der Waals surface area contributed by atoms with Crippen LogP contribution < -0.4 is 4.74 Å². The second kappa shape index (κ2) is 5.01. The molecule has 0 spiro atoms. The van der Waals surface area contributed by atoms with E-state index >= 15 is 0 Å². The Morgan fingerprint density at radius 1 is 1.29 bits per heavy atom. The first-order valence-electron chi connectivity index (χ1n) is 6.16. The lowest BCUT2D eigenvalue weighted by Gasteiger charge is -2.08. The molecule has 5 nitrogen and oxygen atoms in total. The van der Waals surface area contributed by atoms with E-state index in [-0.39, 0.29) is 18.2 Å². The molecule has 7 heteroatoms. The Hall–Kier alpha value is -2.70. The molecule has 0 amide bonds. The lowest BCUT2D eigenvalue weighted by Crippen LogP contribution is -2.03. The van der Waals surface area contributed by atoms with Crippen LogP contribution in [0.2, 0.25) is 0 Å². The molecular weight excluding hydrogens is 280 g/mol. The molecule has 0 aliphatic rings. The van der Waals surface area contributed by atoms with Gasteiger partial charge in [-0.25, -0.2) is 9.37 Å². The second-order valence-electron chi connectivity index (χ2n) is 4.50. The number of benzene rings is 1. The topological polar surface area (TPSA) is 59.7 Å². The van der Waals surface area contributed by atoms with Crippen molar-refractivity contribution in [3.05, 3.63) is 53.4 Å². The lowest BCUT2D eigenvalue weighted by molar-refractivity contribution is 0.279. The lowest BCUT2D eigenvalue weighted by atomic mass is 10.3. The molecule has 2 aromatic heterocycles. The zero-order chi connectivity index (χ0) is 15.0. The van der Waals surface area contributed by atoms with E-state index in [0.717, 1.165) is 6.07 Å². The van der Waals surface area contributed by atoms with Gasteiger partial charge in [0, 0.05) is 12.1 Å². The van der Waals surface area contributed by atoms with Crippen LogP contribution in [0.5, 0.6) is 11.6 Å². The minimum absolute atomic E-state index is 0.103. The molecule has 2 heterocycles. The minimum atomic E-state index is -1.05. The molecule has 1 aromatic carbocycles. The standard InChI is InChI=1S/C14H11F2N3O2/c1-8-5-12-17-9(6-13(20)19(12)18-8)7-21-11-4-2-3-10(15)14(11)16/h2-6,20H,7H2,1H3. The van der Waals surface area contributed by atoms with Crippen molar-refractivity contribution in [2.45, 2.75) is 13.5 Å². The van der Waals surface area contributed by atoms with Gasteiger partial charge in [-0.1, -0.05) is 6.07 Å². The van der Waals surface area contributed by atoms with E-state index in [1.54, 1.807) is 13.0 Å². The van der Waals surface area contributed by atoms with Gasteiger partial charge in [-0.15, -0.1) is 0 Å². The number of rotatable bonds is 3. The molecular formula is C14H11F2N3O2. The van der Waals surface area contributed by atoms with E-state index in [9.17, 15) is 13.9 Å². The number of hydrogen-bond acceptors (Lipinski definition) is 4. The Balaban J connectivity index is 1.86. The van der Waals surface area contributed by atoms with Gasteiger partial charge < -0.3 is 9.84 Å². The molecule has 0 atom stereocenters.